The molecule has 2 aliphatic heterocycles. The van der Waals surface area contributed by atoms with E-state index in [0.29, 0.717) is 0 Å². The van der Waals surface area contributed by atoms with E-state index in [9.17, 15) is 0 Å². The summed E-state index contributed by atoms with van der Waals surface area (Å²) in [5.74, 6) is 0. The van der Waals surface area contributed by atoms with Crippen LogP contribution in [-0.4, -0.2) is 29.6 Å². The largest absolute Gasteiger partial charge is 0.387 e. The van der Waals surface area contributed by atoms with E-state index < -0.39 is 0 Å². The molecule has 0 atom stereocenters. The van der Waals surface area contributed by atoms with Crippen molar-refractivity contribution in [1.29, 1.82) is 0 Å². The quantitative estimate of drug-likeness (QED) is 0.694. The van der Waals surface area contributed by atoms with Crippen molar-refractivity contribution in [3.63, 3.8) is 0 Å². The predicted octanol–water partition coefficient (Wildman–Crippen LogP) is 4.80. The highest BCUT2D eigenvalue weighted by atomic mass is 32.1. The van der Waals surface area contributed by atoms with Gasteiger partial charge in [0.1, 0.15) is 0 Å². The maximum atomic E-state index is 3.26. The van der Waals surface area contributed by atoms with Gasteiger partial charge in [-0.05, 0) is 55.9 Å². The second-order valence-corrected chi connectivity index (χ2v) is 8.54. The number of dihydropyridines is 1. The fraction of sp³-hybridized carbons (Fsp3) is 0.304. The van der Waals surface area contributed by atoms with Crippen molar-refractivity contribution in [2.24, 2.45) is 0 Å². The highest BCUT2D eigenvalue weighted by Crippen LogP contribution is 2.39. The van der Waals surface area contributed by atoms with Crippen molar-refractivity contribution in [3.05, 3.63) is 69.2 Å². The molecule has 2 aromatic heterocycles. The first-order chi connectivity index (χ1) is 13.1. The highest BCUT2D eigenvalue weighted by Gasteiger charge is 2.26. The second kappa shape index (κ2) is 6.39. The van der Waals surface area contributed by atoms with Gasteiger partial charge >= 0.3 is 0 Å². The van der Waals surface area contributed by atoms with Crippen LogP contribution in [0, 0.1) is 13.8 Å². The Morgan fingerprint density at radius 3 is 2.85 bits per heavy atom. The summed E-state index contributed by atoms with van der Waals surface area (Å²) < 4.78 is 2.56. The molecule has 0 radical (unpaired) electrons. The maximum absolute atomic E-state index is 3.26. The molecule has 0 saturated heterocycles. The normalized spacial score (nSPS) is 17.1. The Morgan fingerprint density at radius 1 is 1.15 bits per heavy atom. The summed E-state index contributed by atoms with van der Waals surface area (Å²) in [5.41, 5.74) is 11.1. The van der Waals surface area contributed by atoms with E-state index in [2.05, 4.69) is 76.9 Å². The lowest BCUT2D eigenvalue weighted by Gasteiger charge is -2.24. The van der Waals surface area contributed by atoms with Crippen LogP contribution in [-0.2, 0) is 13.0 Å². The van der Waals surface area contributed by atoms with Crippen LogP contribution < -0.4 is 5.32 Å². The van der Waals surface area contributed by atoms with Crippen LogP contribution >= 0.6 is 11.3 Å². The van der Waals surface area contributed by atoms with E-state index >= 15 is 0 Å². The summed E-state index contributed by atoms with van der Waals surface area (Å²) in [7, 11) is 2.23. The average Bonchev–Trinajstić information content (AvgIpc) is 3.25. The molecule has 4 heterocycles. The second-order valence-electron chi connectivity index (χ2n) is 7.80. The minimum absolute atomic E-state index is 0.897. The Hall–Kier alpha value is -2.30. The highest BCUT2D eigenvalue weighted by molar-refractivity contribution is 7.08. The van der Waals surface area contributed by atoms with Crippen molar-refractivity contribution >= 4 is 27.8 Å². The van der Waals surface area contributed by atoms with Gasteiger partial charge < -0.3 is 14.8 Å². The van der Waals surface area contributed by atoms with Crippen LogP contribution in [0.5, 0.6) is 0 Å². The molecule has 0 aliphatic carbocycles. The van der Waals surface area contributed by atoms with E-state index in [1.165, 1.54) is 50.1 Å². The topological polar surface area (TPSA) is 20.2 Å². The predicted molar refractivity (Wildman–Crippen MR) is 116 cm³/mol. The molecule has 27 heavy (non-hydrogen) atoms. The summed E-state index contributed by atoms with van der Waals surface area (Å²) in [6.07, 6.45) is 7.64. The molecule has 0 amide bonds. The lowest BCUT2D eigenvalue weighted by atomic mass is 10.0. The fourth-order valence-corrected chi connectivity index (χ4v) is 5.42. The number of likely N-dealkylation sites (N-methyl/N-ethyl adjacent to an activating group) is 1. The molecular weight excluding hydrogens is 350 g/mol. The molecular formula is C23H25N3S. The van der Waals surface area contributed by atoms with Gasteiger partial charge in [0.2, 0.25) is 0 Å². The number of hydrogen-bond donors (Lipinski definition) is 1. The monoisotopic (exact) mass is 375 g/mol. The van der Waals surface area contributed by atoms with Crippen LogP contribution in [0.1, 0.15) is 27.9 Å². The number of nitrogens with one attached hydrogen (secondary N) is 1. The van der Waals surface area contributed by atoms with Gasteiger partial charge in [0.25, 0.3) is 0 Å². The van der Waals surface area contributed by atoms with Crippen molar-refractivity contribution in [1.82, 2.24) is 14.8 Å². The summed E-state index contributed by atoms with van der Waals surface area (Å²) in [4.78, 5) is 2.44. The van der Waals surface area contributed by atoms with E-state index in [4.69, 9.17) is 0 Å². The number of hydrogen-bond acceptors (Lipinski definition) is 3. The third kappa shape index (κ3) is 2.67. The molecule has 138 valence electrons. The summed E-state index contributed by atoms with van der Waals surface area (Å²) in [6, 6.07) is 4.70. The first-order valence-corrected chi connectivity index (χ1v) is 10.6. The molecule has 1 aromatic carbocycles. The van der Waals surface area contributed by atoms with E-state index in [0.717, 1.165) is 26.1 Å². The average molecular weight is 376 g/mol. The van der Waals surface area contributed by atoms with E-state index in [1.54, 1.807) is 11.3 Å². The number of fused-ring (bicyclic) bond motifs is 3. The van der Waals surface area contributed by atoms with Crippen molar-refractivity contribution in [3.8, 4) is 5.69 Å². The number of rotatable bonds is 2. The Morgan fingerprint density at radius 2 is 2.04 bits per heavy atom. The molecule has 0 spiro atoms. The molecule has 4 heteroatoms. The fourth-order valence-electron chi connectivity index (χ4n) is 4.60. The van der Waals surface area contributed by atoms with Crippen LogP contribution in [0.2, 0.25) is 0 Å². The first kappa shape index (κ1) is 16.8. The molecule has 3 nitrogen and oxygen atoms in total. The number of thiophene rings is 1. The molecule has 3 aromatic rings. The summed E-state index contributed by atoms with van der Waals surface area (Å²) in [6.45, 7) is 7.52. The van der Waals surface area contributed by atoms with E-state index in [1.807, 2.05) is 0 Å². The molecule has 1 N–H and O–H groups in total. The van der Waals surface area contributed by atoms with Gasteiger partial charge in [0.05, 0.1) is 11.2 Å². The SMILES string of the molecule is Cc1cc(C)c2c(c1)c1c(n2-c2cscc2C2=CCNC=C2)CCN(C)C1. The molecule has 5 rings (SSSR count). The Balaban J connectivity index is 1.82. The van der Waals surface area contributed by atoms with Gasteiger partial charge in [0, 0.05) is 53.5 Å². The minimum Gasteiger partial charge on any atom is -0.387 e. The molecule has 0 unspecified atom stereocenters. The van der Waals surface area contributed by atoms with Crippen molar-refractivity contribution < 1.29 is 0 Å². The van der Waals surface area contributed by atoms with Crippen molar-refractivity contribution in [2.45, 2.75) is 26.8 Å². The minimum atomic E-state index is 0.897. The van der Waals surface area contributed by atoms with Gasteiger partial charge in [-0.3, -0.25) is 0 Å². The van der Waals surface area contributed by atoms with Gasteiger partial charge in [-0.15, -0.1) is 11.3 Å². The van der Waals surface area contributed by atoms with Crippen molar-refractivity contribution in [2.75, 3.05) is 20.1 Å². The third-order valence-corrected chi connectivity index (χ3v) is 6.52. The maximum Gasteiger partial charge on any atom is 0.0644 e. The van der Waals surface area contributed by atoms with Gasteiger partial charge in [0.15, 0.2) is 0 Å². The zero-order chi connectivity index (χ0) is 18.5. The number of aromatic nitrogens is 1. The van der Waals surface area contributed by atoms with Gasteiger partial charge in [-0.25, -0.2) is 0 Å². The zero-order valence-electron chi connectivity index (χ0n) is 16.2. The van der Waals surface area contributed by atoms with Gasteiger partial charge in [-0.1, -0.05) is 17.7 Å². The zero-order valence-corrected chi connectivity index (χ0v) is 17.0. The van der Waals surface area contributed by atoms with Crippen LogP contribution in [0.25, 0.3) is 22.2 Å². The Bertz CT molecular complexity index is 1100. The molecule has 0 fully saturated rings. The number of allylic oxidation sites excluding steroid dienone is 2. The third-order valence-electron chi connectivity index (χ3n) is 5.78. The molecule has 2 aliphatic rings. The van der Waals surface area contributed by atoms with Crippen LogP contribution in [0.4, 0.5) is 0 Å². The molecule has 0 saturated carbocycles. The number of nitrogens with zero attached hydrogens (tertiary/aromatic N) is 2. The van der Waals surface area contributed by atoms with Crippen LogP contribution in [0.3, 0.4) is 0 Å². The number of aryl methyl sites for hydroxylation is 2. The number of benzene rings is 1. The first-order valence-electron chi connectivity index (χ1n) is 9.62. The van der Waals surface area contributed by atoms with E-state index in [-0.39, 0.29) is 0 Å². The van der Waals surface area contributed by atoms with Crippen LogP contribution in [0.15, 0.2) is 41.2 Å². The standard InChI is InChI=1S/C23H25N3S/c1-15-10-16(2)23-18(11-15)19-12-25(3)9-6-21(19)26(23)22-14-27-13-20(22)17-4-7-24-8-5-17/h4-5,7,10-11,13-14,24H,6,8-9,12H2,1-3H3. The van der Waals surface area contributed by atoms with Gasteiger partial charge in [-0.2, -0.15) is 0 Å². The summed E-state index contributed by atoms with van der Waals surface area (Å²) in [5, 5.41) is 9.32. The Labute approximate surface area is 164 Å². The summed E-state index contributed by atoms with van der Waals surface area (Å²) >= 11 is 1.80. The molecule has 0 bridgehead atoms. The lowest BCUT2D eigenvalue weighted by molar-refractivity contribution is 0.311. The lowest BCUT2D eigenvalue weighted by Crippen LogP contribution is -2.27. The smallest absolute Gasteiger partial charge is 0.0644 e. The Kier molecular flexibility index (Phi) is 3.99.